The van der Waals surface area contributed by atoms with Crippen LogP contribution in [0.1, 0.15) is 0 Å². The van der Waals surface area contributed by atoms with E-state index in [1.165, 1.54) is 12.4 Å². The molecule has 0 aliphatic heterocycles. The minimum Gasteiger partial charge on any atom is -0.344 e. The smallest absolute Gasteiger partial charge is 0.329 e. The normalized spacial score (nSPS) is 8.92. The molecule has 13 heavy (non-hydrogen) atoms. The van der Waals surface area contributed by atoms with Crippen molar-refractivity contribution in [1.82, 2.24) is 15.1 Å². The van der Waals surface area contributed by atoms with Gasteiger partial charge in [0.2, 0.25) is 0 Å². The van der Waals surface area contributed by atoms with Crippen LogP contribution in [0.3, 0.4) is 0 Å². The molecule has 1 aromatic rings. The maximum Gasteiger partial charge on any atom is 0.329 e. The van der Waals surface area contributed by atoms with Crippen LogP contribution < -0.4 is 6.15 Å². The molecule has 8 nitrogen and oxygen atoms in total. The van der Waals surface area contributed by atoms with E-state index in [4.69, 9.17) is 5.53 Å². The van der Waals surface area contributed by atoms with E-state index in [1.54, 1.807) is 0 Å². The highest BCUT2D eigenvalue weighted by atomic mass is 35.5. The van der Waals surface area contributed by atoms with Gasteiger partial charge < -0.3 is 6.15 Å². The molecule has 0 aliphatic rings. The quantitative estimate of drug-likeness (QED) is 0.454. The Hall–Kier alpha value is -1.28. The van der Waals surface area contributed by atoms with Crippen LogP contribution >= 0.6 is 12.4 Å². The molecule has 1 aromatic heterocycles. The van der Waals surface area contributed by atoms with Crippen molar-refractivity contribution in [2.75, 3.05) is 0 Å². The molecule has 0 bridgehead atoms. The fourth-order valence-corrected chi connectivity index (χ4v) is 1.03. The summed E-state index contributed by atoms with van der Waals surface area (Å²) in [6.45, 7) is 0. The first-order chi connectivity index (χ1) is 5.17. The van der Waals surface area contributed by atoms with Crippen LogP contribution in [0.2, 0.25) is 0 Å². The fraction of sp³-hybridized carbons (Fsp3) is 0. The van der Waals surface area contributed by atoms with Gasteiger partial charge in [0.05, 0.1) is 4.52 Å². The molecule has 0 amide bonds. The number of azide groups is 1. The zero-order valence-electron chi connectivity index (χ0n) is 6.31. The molecule has 0 fully saturated rings. The van der Waals surface area contributed by atoms with Crippen LogP contribution in [0.25, 0.3) is 10.4 Å². The number of hydrogen-bond acceptors (Lipinski definition) is 4. The summed E-state index contributed by atoms with van der Waals surface area (Å²) < 4.78 is 24.9. The van der Waals surface area contributed by atoms with Gasteiger partial charge in [-0.15, -0.1) is 12.4 Å². The van der Waals surface area contributed by atoms with Gasteiger partial charge in [0.25, 0.3) is 0 Å². The minimum absolute atomic E-state index is 0. The molecule has 0 aromatic carbocycles. The van der Waals surface area contributed by atoms with Crippen molar-refractivity contribution in [1.29, 1.82) is 0 Å². The first-order valence-electron chi connectivity index (χ1n) is 2.46. The molecule has 10 heteroatoms. The predicted molar refractivity (Wildman–Crippen MR) is 48.0 cm³/mol. The summed E-state index contributed by atoms with van der Waals surface area (Å²) in [5.41, 5.74) is 7.85. The average Bonchev–Trinajstić information content (AvgIpc) is 2.37. The number of imidazole rings is 1. The Labute approximate surface area is 80.4 Å². The minimum atomic E-state index is -3.90. The summed E-state index contributed by atoms with van der Waals surface area (Å²) in [5, 5.41) is 0. The van der Waals surface area contributed by atoms with Crippen molar-refractivity contribution >= 4 is 22.6 Å². The van der Waals surface area contributed by atoms with E-state index in [1.807, 2.05) is 0 Å². The molecule has 0 radical (unpaired) electrons. The van der Waals surface area contributed by atoms with Gasteiger partial charge in [0.15, 0.2) is 0 Å². The van der Waals surface area contributed by atoms with E-state index in [0.717, 1.165) is 6.33 Å². The van der Waals surface area contributed by atoms with E-state index in [-0.39, 0.29) is 18.6 Å². The van der Waals surface area contributed by atoms with Gasteiger partial charge in [-0.05, 0) is 5.53 Å². The molecule has 0 atom stereocenters. The van der Waals surface area contributed by atoms with Gasteiger partial charge in [-0.25, -0.2) is 8.96 Å². The van der Waals surface area contributed by atoms with Crippen molar-refractivity contribution in [2.24, 2.45) is 4.52 Å². The lowest BCUT2D eigenvalue weighted by Gasteiger charge is -1.92. The second-order valence-corrected chi connectivity index (χ2v) is 3.02. The Morgan fingerprint density at radius 2 is 2.15 bits per heavy atom. The Balaban J connectivity index is 0. The van der Waals surface area contributed by atoms with Gasteiger partial charge in [-0.3, -0.25) is 0 Å². The average molecular weight is 227 g/mol. The van der Waals surface area contributed by atoms with Gasteiger partial charge >= 0.3 is 10.2 Å². The van der Waals surface area contributed by atoms with Crippen molar-refractivity contribution in [3.63, 3.8) is 0 Å². The molecule has 0 aliphatic carbocycles. The SMILES string of the molecule is Cl.N.[N-]=[N+]=NS(=O)(=O)n1ccnc1. The van der Waals surface area contributed by atoms with E-state index >= 15 is 0 Å². The molecule has 3 N–H and O–H groups in total. The highest BCUT2D eigenvalue weighted by Crippen LogP contribution is 1.97. The Morgan fingerprint density at radius 1 is 1.54 bits per heavy atom. The third-order valence-electron chi connectivity index (χ3n) is 0.886. The summed E-state index contributed by atoms with van der Waals surface area (Å²) in [5.74, 6) is 0. The lowest BCUT2D eigenvalue weighted by molar-refractivity contribution is 0.588. The van der Waals surface area contributed by atoms with Gasteiger partial charge in [-0.2, -0.15) is 8.42 Å². The van der Waals surface area contributed by atoms with Crippen LogP contribution in [0.5, 0.6) is 0 Å². The standard InChI is InChI=1S/C3H3N5O2S.ClH.H3N/c4-6-7-11(9,10)8-2-1-5-3-8;;/h1-3H;1H;1H3. The zero-order chi connectivity index (χ0) is 8.32. The number of aromatic nitrogens is 2. The lowest BCUT2D eigenvalue weighted by Crippen LogP contribution is -2.05. The lowest BCUT2D eigenvalue weighted by atomic mass is 11.0. The molecule has 0 spiro atoms. The first kappa shape index (κ1) is 14.3. The van der Waals surface area contributed by atoms with Crippen molar-refractivity contribution in [3.8, 4) is 0 Å². The van der Waals surface area contributed by atoms with Crippen molar-refractivity contribution in [2.45, 2.75) is 0 Å². The van der Waals surface area contributed by atoms with E-state index in [2.05, 4.69) is 14.4 Å². The molecule has 0 saturated heterocycles. The second-order valence-electron chi connectivity index (χ2n) is 1.54. The summed E-state index contributed by atoms with van der Waals surface area (Å²) in [6.07, 6.45) is 3.47. The maximum absolute atomic E-state index is 10.8. The van der Waals surface area contributed by atoms with E-state index < -0.39 is 10.2 Å². The molecular weight excluding hydrogens is 220 g/mol. The molecule has 0 saturated carbocycles. The van der Waals surface area contributed by atoms with Crippen LogP contribution in [0, 0.1) is 0 Å². The highest BCUT2D eigenvalue weighted by Gasteiger charge is 2.07. The highest BCUT2D eigenvalue weighted by molar-refractivity contribution is 7.88. The molecule has 1 heterocycles. The van der Waals surface area contributed by atoms with Crippen molar-refractivity contribution in [3.05, 3.63) is 29.2 Å². The number of rotatable bonds is 2. The van der Waals surface area contributed by atoms with E-state index in [0.29, 0.717) is 3.97 Å². The summed E-state index contributed by atoms with van der Waals surface area (Å²) in [7, 11) is -3.90. The van der Waals surface area contributed by atoms with Gasteiger partial charge in [0.1, 0.15) is 6.33 Å². The monoisotopic (exact) mass is 226 g/mol. The zero-order valence-corrected chi connectivity index (χ0v) is 7.94. The van der Waals surface area contributed by atoms with Crippen LogP contribution in [-0.4, -0.2) is 17.4 Å². The maximum atomic E-state index is 10.8. The second kappa shape index (κ2) is 5.38. The largest absolute Gasteiger partial charge is 0.344 e. The number of hydrogen-bond donors (Lipinski definition) is 1. The topological polar surface area (TPSA) is 136 Å². The molecular formula is C3H7ClN6O2S. The van der Waals surface area contributed by atoms with Crippen LogP contribution in [0.4, 0.5) is 0 Å². The third-order valence-corrected chi connectivity index (χ3v) is 1.91. The van der Waals surface area contributed by atoms with Gasteiger partial charge in [-0.1, -0.05) is 0 Å². The molecule has 1 rings (SSSR count). The molecule has 0 unspecified atom stereocenters. The number of halogens is 1. The Bertz CT molecular complexity index is 378. The van der Waals surface area contributed by atoms with Gasteiger partial charge in [0, 0.05) is 17.3 Å². The van der Waals surface area contributed by atoms with Crippen molar-refractivity contribution < 1.29 is 8.42 Å². The predicted octanol–water partition coefficient (Wildman–Crippen LogP) is 0.870. The fourth-order valence-electron chi connectivity index (χ4n) is 0.472. The molecule has 74 valence electrons. The van der Waals surface area contributed by atoms with Crippen LogP contribution in [-0.2, 0) is 10.2 Å². The Morgan fingerprint density at radius 3 is 2.54 bits per heavy atom. The summed E-state index contributed by atoms with van der Waals surface area (Å²) in [4.78, 5) is 5.62. The number of nitrogens with zero attached hydrogens (tertiary/aromatic N) is 5. The summed E-state index contributed by atoms with van der Waals surface area (Å²) in [6, 6.07) is 0. The first-order valence-corrected chi connectivity index (χ1v) is 3.86. The van der Waals surface area contributed by atoms with Crippen LogP contribution in [0.15, 0.2) is 23.2 Å². The van der Waals surface area contributed by atoms with E-state index in [9.17, 15) is 8.42 Å². The Kier molecular flexibility index (Phi) is 5.90. The third kappa shape index (κ3) is 3.30. The summed E-state index contributed by atoms with van der Waals surface area (Å²) >= 11 is 0.